The van der Waals surface area contributed by atoms with Crippen molar-refractivity contribution >= 4 is 16.9 Å². The van der Waals surface area contributed by atoms with Crippen molar-refractivity contribution in [2.75, 3.05) is 0 Å². The number of hydrogen-bond donors (Lipinski definition) is 1. The number of hydrogen-bond acceptors (Lipinski definition) is 5. The Balaban J connectivity index is 2.27. The number of fused-ring (bicyclic) bond motifs is 1. The maximum atomic E-state index is 12.9. The average molecular weight is 328 g/mol. The van der Waals surface area contributed by atoms with Crippen LogP contribution in [0.2, 0.25) is 0 Å². The first-order valence-corrected chi connectivity index (χ1v) is 7.54. The molecular weight excluding hydrogens is 312 g/mol. The first-order chi connectivity index (χ1) is 11.5. The van der Waals surface area contributed by atoms with Crippen LogP contribution >= 0.6 is 0 Å². The molecule has 0 bridgehead atoms. The SMILES string of the molecule is CCc1ccc2oc(-c3ccco3)c(O[C@H](C)C(=O)O)c(=O)c2c1. The molecule has 2 heterocycles. The fraction of sp³-hybridized carbons (Fsp3) is 0.222. The van der Waals surface area contributed by atoms with Gasteiger partial charge in [-0.05, 0) is 43.2 Å². The lowest BCUT2D eigenvalue weighted by Crippen LogP contribution is -2.26. The van der Waals surface area contributed by atoms with Crippen LogP contribution in [0, 0.1) is 0 Å². The molecule has 0 fully saturated rings. The molecule has 0 aliphatic rings. The smallest absolute Gasteiger partial charge is 0.344 e. The summed E-state index contributed by atoms with van der Waals surface area (Å²) in [4.78, 5) is 23.9. The van der Waals surface area contributed by atoms with Gasteiger partial charge in [-0.3, -0.25) is 4.79 Å². The fourth-order valence-electron chi connectivity index (χ4n) is 2.35. The highest BCUT2D eigenvalue weighted by molar-refractivity contribution is 5.82. The summed E-state index contributed by atoms with van der Waals surface area (Å²) >= 11 is 0. The van der Waals surface area contributed by atoms with Crippen molar-refractivity contribution in [3.05, 3.63) is 52.4 Å². The summed E-state index contributed by atoms with van der Waals surface area (Å²) < 4.78 is 16.5. The van der Waals surface area contributed by atoms with Crippen LogP contribution in [-0.2, 0) is 11.2 Å². The van der Waals surface area contributed by atoms with E-state index in [1.54, 1.807) is 24.3 Å². The zero-order valence-corrected chi connectivity index (χ0v) is 13.2. The predicted octanol–water partition coefficient (Wildman–Crippen LogP) is 3.47. The van der Waals surface area contributed by atoms with E-state index >= 15 is 0 Å². The van der Waals surface area contributed by atoms with Crippen LogP contribution in [0.15, 0.2) is 50.2 Å². The van der Waals surface area contributed by atoms with Gasteiger partial charge in [0.25, 0.3) is 0 Å². The molecule has 0 spiro atoms. The van der Waals surface area contributed by atoms with E-state index in [2.05, 4.69) is 0 Å². The second-order valence-corrected chi connectivity index (χ2v) is 5.35. The summed E-state index contributed by atoms with van der Waals surface area (Å²) in [5, 5.41) is 9.41. The van der Waals surface area contributed by atoms with Crippen molar-refractivity contribution in [3.63, 3.8) is 0 Å². The number of aryl methyl sites for hydroxylation is 1. The van der Waals surface area contributed by atoms with E-state index in [4.69, 9.17) is 18.7 Å². The van der Waals surface area contributed by atoms with E-state index in [9.17, 15) is 9.59 Å². The Kier molecular flexibility index (Phi) is 4.12. The Bertz CT molecular complexity index is 936. The van der Waals surface area contributed by atoms with Crippen molar-refractivity contribution in [2.24, 2.45) is 0 Å². The topological polar surface area (TPSA) is 89.9 Å². The zero-order valence-electron chi connectivity index (χ0n) is 13.2. The van der Waals surface area contributed by atoms with Gasteiger partial charge in [-0.2, -0.15) is 0 Å². The molecule has 24 heavy (non-hydrogen) atoms. The molecule has 0 aliphatic carbocycles. The molecule has 0 unspecified atom stereocenters. The molecule has 0 saturated heterocycles. The predicted molar refractivity (Wildman–Crippen MR) is 87.3 cm³/mol. The molecule has 3 aromatic rings. The number of aliphatic carboxylic acids is 1. The fourth-order valence-corrected chi connectivity index (χ4v) is 2.35. The van der Waals surface area contributed by atoms with Crippen molar-refractivity contribution in [2.45, 2.75) is 26.4 Å². The van der Waals surface area contributed by atoms with E-state index in [1.165, 1.54) is 13.2 Å². The van der Waals surface area contributed by atoms with Gasteiger partial charge < -0.3 is 18.7 Å². The maximum Gasteiger partial charge on any atom is 0.344 e. The van der Waals surface area contributed by atoms with E-state index in [1.807, 2.05) is 13.0 Å². The molecular formula is C18H16O6. The van der Waals surface area contributed by atoms with Gasteiger partial charge in [0.15, 0.2) is 11.9 Å². The highest BCUT2D eigenvalue weighted by Gasteiger charge is 2.23. The molecule has 6 heteroatoms. The number of ether oxygens (including phenoxy) is 1. The molecule has 0 aliphatic heterocycles. The third-order valence-corrected chi connectivity index (χ3v) is 3.71. The highest BCUT2D eigenvalue weighted by atomic mass is 16.5. The summed E-state index contributed by atoms with van der Waals surface area (Å²) in [6, 6.07) is 8.57. The number of benzene rings is 1. The molecule has 1 aromatic carbocycles. The lowest BCUT2D eigenvalue weighted by atomic mass is 10.1. The number of carbonyl (C=O) groups is 1. The Morgan fingerprint density at radius 2 is 2.12 bits per heavy atom. The summed E-state index contributed by atoms with van der Waals surface area (Å²) in [6.45, 7) is 3.32. The summed E-state index contributed by atoms with van der Waals surface area (Å²) in [5.74, 6) is -0.973. The van der Waals surface area contributed by atoms with Crippen molar-refractivity contribution < 1.29 is 23.5 Å². The molecule has 0 radical (unpaired) electrons. The monoisotopic (exact) mass is 328 g/mol. The molecule has 6 nitrogen and oxygen atoms in total. The molecule has 2 aromatic heterocycles. The summed E-state index contributed by atoms with van der Waals surface area (Å²) in [6.07, 6.45) is 0.995. The minimum atomic E-state index is -1.20. The van der Waals surface area contributed by atoms with Crippen LogP contribution in [0.1, 0.15) is 19.4 Å². The number of carboxylic acids is 1. The molecule has 1 atom stereocenters. The third-order valence-electron chi connectivity index (χ3n) is 3.71. The Labute approximate surface area is 137 Å². The van der Waals surface area contributed by atoms with Gasteiger partial charge in [0.05, 0.1) is 11.6 Å². The minimum Gasteiger partial charge on any atom is -0.479 e. The van der Waals surface area contributed by atoms with Crippen LogP contribution in [0.25, 0.3) is 22.5 Å². The van der Waals surface area contributed by atoms with Crippen molar-refractivity contribution in [3.8, 4) is 17.3 Å². The number of carboxylic acid groups (broad SMARTS) is 1. The molecule has 3 rings (SSSR count). The number of rotatable bonds is 5. The van der Waals surface area contributed by atoms with Crippen LogP contribution < -0.4 is 10.2 Å². The minimum absolute atomic E-state index is 0.0786. The average Bonchev–Trinajstić information content (AvgIpc) is 3.11. The lowest BCUT2D eigenvalue weighted by Gasteiger charge is -2.13. The van der Waals surface area contributed by atoms with Gasteiger partial charge in [0.2, 0.25) is 16.9 Å². The van der Waals surface area contributed by atoms with E-state index in [0.717, 1.165) is 12.0 Å². The first kappa shape index (κ1) is 15.9. The van der Waals surface area contributed by atoms with E-state index in [0.29, 0.717) is 16.7 Å². The highest BCUT2D eigenvalue weighted by Crippen LogP contribution is 2.32. The quantitative estimate of drug-likeness (QED) is 0.771. The zero-order chi connectivity index (χ0) is 17.3. The molecule has 1 N–H and O–H groups in total. The Morgan fingerprint density at radius 3 is 2.75 bits per heavy atom. The lowest BCUT2D eigenvalue weighted by molar-refractivity contribution is -0.144. The van der Waals surface area contributed by atoms with Crippen molar-refractivity contribution in [1.29, 1.82) is 0 Å². The molecule has 0 saturated carbocycles. The van der Waals surface area contributed by atoms with Gasteiger partial charge in [-0.1, -0.05) is 13.0 Å². The Morgan fingerprint density at radius 1 is 1.33 bits per heavy atom. The van der Waals surface area contributed by atoms with Crippen LogP contribution in [0.4, 0.5) is 0 Å². The van der Waals surface area contributed by atoms with Gasteiger partial charge in [-0.25, -0.2) is 4.79 Å². The van der Waals surface area contributed by atoms with Gasteiger partial charge in [0.1, 0.15) is 5.58 Å². The third kappa shape index (κ3) is 2.78. The molecule has 124 valence electrons. The summed E-state index contributed by atoms with van der Waals surface area (Å²) in [5.41, 5.74) is 0.933. The standard InChI is InChI=1S/C18H16O6/c1-3-11-6-7-13-12(9-11)15(19)17(23-10(2)18(20)21)16(24-13)14-5-4-8-22-14/h4-10H,3H2,1-2H3,(H,20,21)/t10-/m1/s1. The van der Waals surface area contributed by atoms with Gasteiger partial charge in [0, 0.05) is 0 Å². The normalized spacial score (nSPS) is 12.2. The van der Waals surface area contributed by atoms with Crippen molar-refractivity contribution in [1.82, 2.24) is 0 Å². The maximum absolute atomic E-state index is 12.9. The van der Waals surface area contributed by atoms with Crippen LogP contribution in [-0.4, -0.2) is 17.2 Å². The van der Waals surface area contributed by atoms with Crippen LogP contribution in [0.3, 0.4) is 0 Å². The van der Waals surface area contributed by atoms with E-state index in [-0.39, 0.29) is 11.5 Å². The van der Waals surface area contributed by atoms with Crippen LogP contribution in [0.5, 0.6) is 5.75 Å². The van der Waals surface area contributed by atoms with E-state index < -0.39 is 17.5 Å². The van der Waals surface area contributed by atoms with Gasteiger partial charge in [-0.15, -0.1) is 0 Å². The first-order valence-electron chi connectivity index (χ1n) is 7.54. The second kappa shape index (κ2) is 6.23. The Hall–Kier alpha value is -3.02. The molecule has 0 amide bonds. The largest absolute Gasteiger partial charge is 0.479 e. The second-order valence-electron chi connectivity index (χ2n) is 5.35. The van der Waals surface area contributed by atoms with Gasteiger partial charge >= 0.3 is 5.97 Å². The summed E-state index contributed by atoms with van der Waals surface area (Å²) in [7, 11) is 0. The number of furan rings is 1.